The Kier molecular flexibility index (Phi) is 9.18. The second-order valence-corrected chi connectivity index (χ2v) is 12.0. The molecule has 1 aromatic carbocycles. The molecule has 6 rings (SSSR count). The first-order valence-corrected chi connectivity index (χ1v) is 15.7. The van der Waals surface area contributed by atoms with Gasteiger partial charge in [0.05, 0.1) is 17.1 Å². The maximum atomic E-state index is 14.7. The Labute approximate surface area is 263 Å². The third kappa shape index (κ3) is 6.90. The van der Waals surface area contributed by atoms with Crippen LogP contribution in [0, 0.1) is 5.82 Å². The molecule has 0 amide bonds. The van der Waals surface area contributed by atoms with E-state index in [-0.39, 0.29) is 5.82 Å². The summed E-state index contributed by atoms with van der Waals surface area (Å²) < 4.78 is 14.7. The smallest absolute Gasteiger partial charge is 0.181 e. The lowest BCUT2D eigenvalue weighted by molar-refractivity contribution is 0.248. The van der Waals surface area contributed by atoms with Crippen LogP contribution in [0.25, 0.3) is 50.2 Å². The maximum Gasteiger partial charge on any atom is 0.181 e. The summed E-state index contributed by atoms with van der Waals surface area (Å²) in [6.45, 7) is 10.9. The molecule has 8 nitrogen and oxygen atoms in total. The highest BCUT2D eigenvalue weighted by molar-refractivity contribution is 6.00. The van der Waals surface area contributed by atoms with E-state index in [0.717, 1.165) is 70.7 Å². The second kappa shape index (κ2) is 13.6. The highest BCUT2D eigenvalue weighted by Crippen LogP contribution is 2.34. The number of pyridine rings is 2. The fraction of sp³-hybridized carbons (Fsp3) is 0.306. The van der Waals surface area contributed by atoms with Crippen molar-refractivity contribution in [3.63, 3.8) is 0 Å². The summed E-state index contributed by atoms with van der Waals surface area (Å²) in [5.41, 5.74) is 8.68. The summed E-state index contributed by atoms with van der Waals surface area (Å²) in [7, 11) is 4.03. The van der Waals surface area contributed by atoms with Crippen molar-refractivity contribution >= 4 is 33.2 Å². The number of anilines is 1. The van der Waals surface area contributed by atoms with E-state index in [9.17, 15) is 4.39 Å². The average Bonchev–Trinajstić information content (AvgIpc) is 3.67. The molecule has 0 saturated carbocycles. The van der Waals surface area contributed by atoms with Gasteiger partial charge in [-0.05, 0) is 94.5 Å². The van der Waals surface area contributed by atoms with E-state index < -0.39 is 0 Å². The Hall–Kier alpha value is -4.60. The fourth-order valence-electron chi connectivity index (χ4n) is 6.01. The Balaban J connectivity index is 1.33. The van der Waals surface area contributed by atoms with Crippen molar-refractivity contribution < 1.29 is 4.39 Å². The molecule has 5 aromatic rings. The monoisotopic (exact) mass is 604 g/mol. The van der Waals surface area contributed by atoms with Crippen molar-refractivity contribution in [2.75, 3.05) is 52.1 Å². The highest BCUT2D eigenvalue weighted by Gasteiger charge is 2.17. The summed E-state index contributed by atoms with van der Waals surface area (Å²) in [5, 5.41) is 12.8. The molecule has 0 aliphatic carbocycles. The van der Waals surface area contributed by atoms with Crippen LogP contribution >= 0.6 is 0 Å². The normalized spacial score (nSPS) is 15.0. The van der Waals surface area contributed by atoms with Crippen LogP contribution in [0.3, 0.4) is 0 Å². The lowest BCUT2D eigenvalue weighted by Crippen LogP contribution is -2.31. The number of benzene rings is 1. The molecule has 4 aromatic heterocycles. The number of aromatic nitrogens is 5. The molecule has 1 aliphatic heterocycles. The predicted molar refractivity (Wildman–Crippen MR) is 184 cm³/mol. The van der Waals surface area contributed by atoms with E-state index in [1.165, 1.54) is 37.0 Å². The summed E-state index contributed by atoms with van der Waals surface area (Å²) in [4.78, 5) is 17.5. The number of nitrogens with zero attached hydrogens (tertiary/aromatic N) is 5. The molecule has 5 heterocycles. The third-order valence-electron chi connectivity index (χ3n) is 8.39. The zero-order chi connectivity index (χ0) is 31.3. The first-order valence-electron chi connectivity index (χ1n) is 15.7. The van der Waals surface area contributed by atoms with Crippen LogP contribution in [0.15, 0.2) is 79.2 Å². The van der Waals surface area contributed by atoms with Crippen molar-refractivity contribution in [3.8, 4) is 22.6 Å². The van der Waals surface area contributed by atoms with Crippen molar-refractivity contribution in [1.29, 1.82) is 0 Å². The summed E-state index contributed by atoms with van der Waals surface area (Å²) in [5.74, 6) is -0.308. The van der Waals surface area contributed by atoms with Gasteiger partial charge in [0.25, 0.3) is 0 Å². The molecule has 232 valence electrons. The van der Waals surface area contributed by atoms with Gasteiger partial charge in [-0.1, -0.05) is 31.2 Å². The van der Waals surface area contributed by atoms with Gasteiger partial charge in [-0.25, -0.2) is 9.37 Å². The Morgan fingerprint density at radius 2 is 1.93 bits per heavy atom. The number of halogens is 1. The number of likely N-dealkylation sites (tertiary alicyclic amines) is 1. The molecule has 0 bridgehead atoms. The van der Waals surface area contributed by atoms with Crippen LogP contribution in [0.2, 0.25) is 0 Å². The SMILES string of the molecule is C=C/C(=C\C(=C/C)c1cnc2n[nH]c(-c3cc4c(-c5cc(F)cc(NCCN(C)C)c5)nccc4[nH]3)c2c1)CN1CCCCC1. The van der Waals surface area contributed by atoms with Gasteiger partial charge in [-0.2, -0.15) is 5.10 Å². The van der Waals surface area contributed by atoms with Gasteiger partial charge < -0.3 is 15.2 Å². The minimum absolute atomic E-state index is 0.308. The minimum Gasteiger partial charge on any atom is -0.384 e. The number of likely N-dealkylation sites (N-methyl/N-ethyl adjacent to an activating group) is 1. The van der Waals surface area contributed by atoms with Gasteiger partial charge in [-0.15, -0.1) is 0 Å². The number of rotatable bonds is 11. The number of allylic oxidation sites excluding steroid dienone is 3. The van der Waals surface area contributed by atoms with Crippen molar-refractivity contribution in [2.24, 2.45) is 0 Å². The van der Waals surface area contributed by atoms with Crippen LogP contribution in [0.5, 0.6) is 0 Å². The molecule has 1 aliphatic rings. The fourth-order valence-corrected chi connectivity index (χ4v) is 6.01. The van der Waals surface area contributed by atoms with Crippen LogP contribution in [0.4, 0.5) is 10.1 Å². The Morgan fingerprint density at radius 3 is 2.71 bits per heavy atom. The molecular formula is C36H41FN8. The molecule has 9 heteroatoms. The van der Waals surface area contributed by atoms with Crippen LogP contribution in [0.1, 0.15) is 31.7 Å². The zero-order valence-electron chi connectivity index (χ0n) is 26.3. The summed E-state index contributed by atoms with van der Waals surface area (Å²) in [6.07, 6.45) is 13.8. The lowest BCUT2D eigenvalue weighted by Gasteiger charge is -2.26. The number of H-pyrrole nitrogens is 2. The van der Waals surface area contributed by atoms with Gasteiger partial charge in [0.15, 0.2) is 5.65 Å². The largest absolute Gasteiger partial charge is 0.384 e. The Bertz CT molecular complexity index is 1870. The molecule has 3 N–H and O–H groups in total. The van der Waals surface area contributed by atoms with Crippen LogP contribution in [-0.4, -0.2) is 81.8 Å². The van der Waals surface area contributed by atoms with E-state index in [2.05, 4.69) is 67.0 Å². The van der Waals surface area contributed by atoms with Crippen molar-refractivity contribution in [2.45, 2.75) is 26.2 Å². The number of fused-ring (bicyclic) bond motifs is 2. The van der Waals surface area contributed by atoms with E-state index in [4.69, 9.17) is 4.98 Å². The maximum absolute atomic E-state index is 14.7. The van der Waals surface area contributed by atoms with Gasteiger partial charge in [0, 0.05) is 65.1 Å². The van der Waals surface area contributed by atoms with Gasteiger partial charge in [0.2, 0.25) is 0 Å². The lowest BCUT2D eigenvalue weighted by atomic mass is 10.0. The number of piperidine rings is 1. The topological polar surface area (TPSA) is 88.8 Å². The number of aromatic amines is 2. The molecule has 1 fully saturated rings. The van der Waals surface area contributed by atoms with Crippen LogP contribution in [-0.2, 0) is 0 Å². The van der Waals surface area contributed by atoms with Gasteiger partial charge in [-0.3, -0.25) is 15.0 Å². The van der Waals surface area contributed by atoms with Gasteiger partial charge in [0.1, 0.15) is 5.82 Å². The molecule has 0 atom stereocenters. The highest BCUT2D eigenvalue weighted by atomic mass is 19.1. The first kappa shape index (κ1) is 30.4. The number of nitrogens with one attached hydrogen (secondary N) is 3. The van der Waals surface area contributed by atoms with E-state index in [0.29, 0.717) is 23.4 Å². The van der Waals surface area contributed by atoms with Gasteiger partial charge >= 0.3 is 0 Å². The first-order chi connectivity index (χ1) is 21.9. The third-order valence-corrected chi connectivity index (χ3v) is 8.39. The molecule has 45 heavy (non-hydrogen) atoms. The van der Waals surface area contributed by atoms with E-state index >= 15 is 0 Å². The molecular weight excluding hydrogens is 563 g/mol. The standard InChI is InChI=1S/C36H41FN8/c1-5-24(23-45-13-8-7-9-14-45)16-25(6-2)27-19-31-35(42-43-36(31)40-22-27)33-21-30-32(41-33)10-11-39-34(30)26-17-28(37)20-29(18-26)38-12-15-44(3)4/h5-6,10-11,16-22,38,41H,1,7-9,12-15,23H2,2-4H3,(H,40,42,43)/b24-16+,25-6+. The predicted octanol–water partition coefficient (Wildman–Crippen LogP) is 7.28. The Morgan fingerprint density at radius 1 is 1.09 bits per heavy atom. The van der Waals surface area contributed by atoms with Crippen molar-refractivity contribution in [1.82, 2.24) is 34.9 Å². The van der Waals surface area contributed by atoms with E-state index in [1.54, 1.807) is 6.20 Å². The molecule has 0 unspecified atom stereocenters. The second-order valence-electron chi connectivity index (χ2n) is 12.0. The zero-order valence-corrected chi connectivity index (χ0v) is 26.3. The summed E-state index contributed by atoms with van der Waals surface area (Å²) >= 11 is 0. The molecule has 0 spiro atoms. The molecule has 0 radical (unpaired) electrons. The van der Waals surface area contributed by atoms with Crippen molar-refractivity contribution in [3.05, 3.63) is 90.6 Å². The minimum atomic E-state index is -0.308. The van der Waals surface area contributed by atoms with E-state index in [1.807, 2.05) is 44.6 Å². The number of hydrogen-bond donors (Lipinski definition) is 3. The number of hydrogen-bond acceptors (Lipinski definition) is 6. The summed E-state index contributed by atoms with van der Waals surface area (Å²) in [6, 6.07) is 11.1. The molecule has 1 saturated heterocycles. The van der Waals surface area contributed by atoms with Crippen LogP contribution < -0.4 is 5.32 Å². The average molecular weight is 605 g/mol. The quantitative estimate of drug-likeness (QED) is 0.137.